The molecule has 0 saturated carbocycles. The summed E-state index contributed by atoms with van der Waals surface area (Å²) in [5, 5.41) is 4.74. The molecular weight excluding hydrogens is 520 g/mol. The molecule has 1 N–H and O–H groups in total. The number of carbonyl (C=O) groups excluding carboxylic acids is 2. The van der Waals surface area contributed by atoms with Crippen LogP contribution >= 0.6 is 11.3 Å². The monoisotopic (exact) mass is 545 g/mol. The second-order valence-corrected chi connectivity index (χ2v) is 9.79. The van der Waals surface area contributed by atoms with E-state index in [1.54, 1.807) is 32.2 Å². The maximum absolute atomic E-state index is 13.7. The fourth-order valence-corrected chi connectivity index (χ4v) is 4.72. The van der Waals surface area contributed by atoms with Crippen molar-refractivity contribution in [1.82, 2.24) is 28.7 Å². The highest BCUT2D eigenvalue weighted by atomic mass is 32.1. The van der Waals surface area contributed by atoms with E-state index in [9.17, 15) is 28.0 Å². The lowest BCUT2D eigenvalue weighted by atomic mass is 10.1. The highest BCUT2D eigenvalue weighted by molar-refractivity contribution is 7.13. The van der Waals surface area contributed by atoms with Crippen LogP contribution in [0.1, 0.15) is 44.5 Å². The Labute approximate surface area is 218 Å². The van der Waals surface area contributed by atoms with Crippen LogP contribution in [0, 0.1) is 6.92 Å². The topological polar surface area (TPSA) is 134 Å². The molecule has 0 fully saturated rings. The zero-order chi connectivity index (χ0) is 27.9. The van der Waals surface area contributed by atoms with E-state index >= 15 is 0 Å². The summed E-state index contributed by atoms with van der Waals surface area (Å²) in [7, 11) is 1.43. The molecule has 1 atom stereocenters. The van der Waals surface area contributed by atoms with E-state index in [4.69, 9.17) is 0 Å². The first-order valence-corrected chi connectivity index (χ1v) is 12.5. The van der Waals surface area contributed by atoms with Crippen LogP contribution in [0.15, 0.2) is 33.6 Å². The Morgan fingerprint density at radius 1 is 1.24 bits per heavy atom. The number of anilines is 1. The molecule has 0 saturated heterocycles. The van der Waals surface area contributed by atoms with Crippen LogP contribution in [0.4, 0.5) is 14.6 Å². The molecule has 0 spiro atoms. The molecule has 200 valence electrons. The van der Waals surface area contributed by atoms with Crippen LogP contribution in [-0.4, -0.2) is 40.3 Å². The zero-order valence-electron chi connectivity index (χ0n) is 21.3. The summed E-state index contributed by atoms with van der Waals surface area (Å²) in [5.41, 5.74) is -0.783. The van der Waals surface area contributed by atoms with Crippen molar-refractivity contribution in [1.29, 1.82) is 0 Å². The third kappa shape index (κ3) is 4.90. The Balaban J connectivity index is 1.61. The molecule has 38 heavy (non-hydrogen) atoms. The Bertz CT molecular complexity index is 1680. The van der Waals surface area contributed by atoms with Gasteiger partial charge in [-0.3, -0.25) is 28.5 Å². The second kappa shape index (κ2) is 10.0. The minimum atomic E-state index is -3.07. The van der Waals surface area contributed by atoms with Gasteiger partial charge in [-0.15, -0.1) is 11.3 Å². The number of fused-ring (bicyclic) bond motifs is 1. The van der Waals surface area contributed by atoms with E-state index in [2.05, 4.69) is 20.3 Å². The number of hydrogen-bond acceptors (Lipinski definition) is 8. The van der Waals surface area contributed by atoms with Gasteiger partial charge in [0, 0.05) is 37.5 Å². The molecule has 4 rings (SSSR count). The largest absolute Gasteiger partial charge is 0.332 e. The molecule has 4 heterocycles. The van der Waals surface area contributed by atoms with E-state index in [0.29, 0.717) is 16.1 Å². The van der Waals surface area contributed by atoms with Crippen molar-refractivity contribution in [2.24, 2.45) is 7.05 Å². The molecule has 0 radical (unpaired) electrons. The van der Waals surface area contributed by atoms with Gasteiger partial charge in [0.2, 0.25) is 5.91 Å². The number of rotatable bonds is 8. The Morgan fingerprint density at radius 2 is 1.95 bits per heavy atom. The van der Waals surface area contributed by atoms with Gasteiger partial charge >= 0.3 is 5.69 Å². The van der Waals surface area contributed by atoms with Gasteiger partial charge in [-0.2, -0.15) is 8.78 Å². The molecule has 1 amide bonds. The fourth-order valence-electron chi connectivity index (χ4n) is 3.98. The lowest BCUT2D eigenvalue weighted by Crippen LogP contribution is -2.41. The SMILES string of the molecule is CCC(=O)Cn1c(=O)c2c(ncn2[C@@H](C)C(=O)Nc2csc(-c3cnc(C(C)(F)F)c(C)c3)n2)n(C)c1=O. The van der Waals surface area contributed by atoms with Gasteiger partial charge < -0.3 is 9.88 Å². The Kier molecular flexibility index (Phi) is 7.10. The summed E-state index contributed by atoms with van der Waals surface area (Å²) in [6.07, 6.45) is 2.75. The van der Waals surface area contributed by atoms with Crippen LogP contribution in [0.3, 0.4) is 0 Å². The maximum Gasteiger partial charge on any atom is 0.332 e. The Hall–Kier alpha value is -4.07. The number of nitrogens with one attached hydrogen (secondary N) is 1. The quantitative estimate of drug-likeness (QED) is 0.360. The average Bonchev–Trinajstić information content (AvgIpc) is 3.51. The van der Waals surface area contributed by atoms with Crippen molar-refractivity contribution in [2.75, 3.05) is 5.32 Å². The molecule has 0 aliphatic heterocycles. The van der Waals surface area contributed by atoms with Gasteiger partial charge in [0.25, 0.3) is 11.5 Å². The summed E-state index contributed by atoms with van der Waals surface area (Å²) in [5.74, 6) is -3.64. The molecule has 11 nitrogen and oxygen atoms in total. The molecule has 0 unspecified atom stereocenters. The number of aryl methyl sites for hydroxylation is 2. The highest BCUT2D eigenvalue weighted by Gasteiger charge is 2.28. The number of Topliss-reactive ketones (excluding diaryl/α,β-unsaturated/α-hetero) is 1. The first kappa shape index (κ1) is 27.0. The van der Waals surface area contributed by atoms with E-state index < -0.39 is 29.1 Å². The summed E-state index contributed by atoms with van der Waals surface area (Å²) in [6.45, 7) is 5.12. The maximum atomic E-state index is 13.7. The van der Waals surface area contributed by atoms with Gasteiger partial charge in [0.05, 0.1) is 12.9 Å². The number of imidazole rings is 1. The van der Waals surface area contributed by atoms with Crippen molar-refractivity contribution in [2.45, 2.75) is 52.6 Å². The van der Waals surface area contributed by atoms with Gasteiger partial charge in [0.1, 0.15) is 22.6 Å². The first-order valence-electron chi connectivity index (χ1n) is 11.6. The summed E-state index contributed by atoms with van der Waals surface area (Å²) in [4.78, 5) is 63.1. The van der Waals surface area contributed by atoms with Crippen molar-refractivity contribution in [3.63, 3.8) is 0 Å². The molecular formula is C24H25F2N7O4S. The predicted molar refractivity (Wildman–Crippen MR) is 138 cm³/mol. The Morgan fingerprint density at radius 3 is 2.58 bits per heavy atom. The number of amides is 1. The van der Waals surface area contributed by atoms with Crippen LogP contribution in [-0.2, 0) is 29.1 Å². The van der Waals surface area contributed by atoms with Crippen molar-refractivity contribution >= 4 is 40.0 Å². The number of pyridine rings is 1. The lowest BCUT2D eigenvalue weighted by Gasteiger charge is -2.14. The van der Waals surface area contributed by atoms with Crippen molar-refractivity contribution in [3.05, 3.63) is 56.1 Å². The van der Waals surface area contributed by atoms with Crippen molar-refractivity contribution in [3.8, 4) is 10.6 Å². The van der Waals surface area contributed by atoms with E-state index in [-0.39, 0.29) is 41.4 Å². The highest BCUT2D eigenvalue weighted by Crippen LogP contribution is 2.32. The number of nitrogens with zero attached hydrogens (tertiary/aromatic N) is 6. The number of carbonyl (C=O) groups is 2. The molecule has 4 aromatic heterocycles. The number of halogens is 2. The minimum Gasteiger partial charge on any atom is -0.312 e. The van der Waals surface area contributed by atoms with Gasteiger partial charge in [-0.25, -0.2) is 14.8 Å². The minimum absolute atomic E-state index is 0.00647. The molecule has 0 bridgehead atoms. The first-order chi connectivity index (χ1) is 17.8. The predicted octanol–water partition coefficient (Wildman–Crippen LogP) is 3.01. The lowest BCUT2D eigenvalue weighted by molar-refractivity contribution is -0.120. The fraction of sp³-hybridized carbons (Fsp3) is 0.375. The van der Waals surface area contributed by atoms with Gasteiger partial charge in [-0.1, -0.05) is 6.92 Å². The summed E-state index contributed by atoms with van der Waals surface area (Å²) < 4.78 is 30.7. The summed E-state index contributed by atoms with van der Waals surface area (Å²) >= 11 is 1.20. The molecule has 4 aromatic rings. The molecule has 0 aliphatic rings. The molecule has 14 heteroatoms. The van der Waals surface area contributed by atoms with Crippen molar-refractivity contribution < 1.29 is 18.4 Å². The number of ketones is 1. The molecule has 0 aliphatic carbocycles. The number of alkyl halides is 2. The second-order valence-electron chi connectivity index (χ2n) is 8.93. The summed E-state index contributed by atoms with van der Waals surface area (Å²) in [6, 6.07) is 0.629. The van der Waals surface area contributed by atoms with E-state index in [1.807, 2.05) is 0 Å². The molecule has 0 aromatic carbocycles. The number of aromatic nitrogens is 6. The normalized spacial score (nSPS) is 12.6. The number of hydrogen-bond donors (Lipinski definition) is 1. The third-order valence-corrected chi connectivity index (χ3v) is 6.97. The van der Waals surface area contributed by atoms with Gasteiger partial charge in [0.15, 0.2) is 16.9 Å². The third-order valence-electron chi connectivity index (χ3n) is 6.08. The van der Waals surface area contributed by atoms with Crippen LogP contribution in [0.25, 0.3) is 21.7 Å². The van der Waals surface area contributed by atoms with E-state index in [0.717, 1.165) is 16.1 Å². The standard InChI is InChI=1S/C24H25F2N7O4S/c1-6-15(34)9-32-22(36)17-19(31(5)23(32)37)28-11-33(17)13(3)20(35)29-16-10-38-21(30-16)14-7-12(2)18(27-8-14)24(4,25)26/h7-8,10-11,13H,6,9H2,1-5H3,(H,29,35)/t13-/m0/s1. The van der Waals surface area contributed by atoms with Gasteiger partial charge in [-0.05, 0) is 25.5 Å². The smallest absolute Gasteiger partial charge is 0.312 e. The van der Waals surface area contributed by atoms with Crippen LogP contribution < -0.4 is 16.6 Å². The van der Waals surface area contributed by atoms with Crippen LogP contribution in [0.2, 0.25) is 0 Å². The average molecular weight is 546 g/mol. The number of thiazole rings is 1. The van der Waals surface area contributed by atoms with E-state index in [1.165, 1.54) is 35.5 Å². The van der Waals surface area contributed by atoms with Crippen LogP contribution in [0.5, 0.6) is 0 Å². The zero-order valence-corrected chi connectivity index (χ0v) is 22.1.